The highest BCUT2D eigenvalue weighted by Gasteiger charge is 2.08. The summed E-state index contributed by atoms with van der Waals surface area (Å²) in [6, 6.07) is 13.9. The van der Waals surface area contributed by atoms with Crippen molar-refractivity contribution in [3.63, 3.8) is 0 Å². The molecule has 0 aliphatic carbocycles. The van der Waals surface area contributed by atoms with Crippen LogP contribution in [0.1, 0.15) is 5.69 Å². The van der Waals surface area contributed by atoms with Gasteiger partial charge in [-0.05, 0) is 35.4 Å². The van der Waals surface area contributed by atoms with E-state index in [-0.39, 0.29) is 11.6 Å². The van der Waals surface area contributed by atoms with Gasteiger partial charge in [-0.15, -0.1) is 11.3 Å². The van der Waals surface area contributed by atoms with Gasteiger partial charge < -0.3 is 4.74 Å². The maximum Gasteiger partial charge on any atom is 0.359 e. The zero-order valence-corrected chi connectivity index (χ0v) is 15.7. The predicted molar refractivity (Wildman–Crippen MR) is 101 cm³/mol. The van der Waals surface area contributed by atoms with E-state index in [1.54, 1.807) is 12.1 Å². The minimum Gasteiger partial charge on any atom is -0.493 e. The van der Waals surface area contributed by atoms with Gasteiger partial charge in [-0.25, -0.2) is 14.2 Å². The van der Waals surface area contributed by atoms with Crippen LogP contribution in [0.3, 0.4) is 0 Å². The minimum absolute atomic E-state index is 0.111. The molecule has 0 N–H and O–H groups in total. The number of hydrogen-bond acceptors (Lipinski definition) is 6. The number of aromatic nitrogens is 1. The molecule has 140 valence electrons. The molecule has 1 aromatic heterocycles. The van der Waals surface area contributed by atoms with Crippen LogP contribution in [0.25, 0.3) is 11.1 Å². The highest BCUT2D eigenvalue weighted by molar-refractivity contribution is 8.01. The third-order valence-corrected chi connectivity index (χ3v) is 5.63. The van der Waals surface area contributed by atoms with Gasteiger partial charge in [0, 0.05) is 16.3 Å². The lowest BCUT2D eigenvalue weighted by atomic mass is 10.1. The summed E-state index contributed by atoms with van der Waals surface area (Å²) in [5, 5.41) is 1.88. The number of hydrogen-bond donors (Lipinski definition) is 0. The van der Waals surface area contributed by atoms with Crippen molar-refractivity contribution in [1.29, 1.82) is 0 Å². The van der Waals surface area contributed by atoms with Crippen LogP contribution in [-0.2, 0) is 16.2 Å². The van der Waals surface area contributed by atoms with Crippen molar-refractivity contribution in [3.8, 4) is 16.9 Å². The summed E-state index contributed by atoms with van der Waals surface area (Å²) in [7, 11) is 0. The molecule has 4 nitrogen and oxygen atoms in total. The van der Waals surface area contributed by atoms with Crippen molar-refractivity contribution in [2.75, 3.05) is 12.4 Å². The van der Waals surface area contributed by atoms with E-state index >= 15 is 0 Å². The Bertz CT molecular complexity index is 883. The summed E-state index contributed by atoms with van der Waals surface area (Å²) in [5.74, 6) is -0.564. The second-order valence-corrected chi connectivity index (χ2v) is 7.55. The Balaban J connectivity index is 1.47. The molecule has 1 heterocycles. The quantitative estimate of drug-likeness (QED) is 0.487. The number of carbonyl (C=O) groups excluding carboxylic acids is 1. The highest BCUT2D eigenvalue weighted by atomic mass is 32.2. The van der Waals surface area contributed by atoms with E-state index in [0.29, 0.717) is 17.4 Å². The molecule has 0 saturated heterocycles. The molecule has 0 radical (unpaired) electrons. The highest BCUT2D eigenvalue weighted by Crippen LogP contribution is 2.24. The van der Waals surface area contributed by atoms with Crippen LogP contribution in [0.2, 0.25) is 0 Å². The second-order valence-electron chi connectivity index (χ2n) is 5.47. The lowest BCUT2D eigenvalue weighted by Gasteiger charge is -2.07. The first kappa shape index (κ1) is 19.3. The fraction of sp³-hybridized carbons (Fsp3) is 0.158. The molecule has 0 aliphatic heterocycles. The van der Waals surface area contributed by atoms with Crippen molar-refractivity contribution in [3.05, 3.63) is 65.4 Å². The fourth-order valence-electron chi connectivity index (χ4n) is 2.27. The Hall–Kier alpha value is -2.45. The maximum atomic E-state index is 13.0. The van der Waals surface area contributed by atoms with Crippen LogP contribution in [-0.4, -0.2) is 23.3 Å². The topological polar surface area (TPSA) is 48.4 Å². The first-order valence-electron chi connectivity index (χ1n) is 8.01. The lowest BCUT2D eigenvalue weighted by molar-refractivity contribution is -0.179. The number of thiazole rings is 1. The van der Waals surface area contributed by atoms with Gasteiger partial charge in [0.15, 0.2) is 4.34 Å². The van der Waals surface area contributed by atoms with Crippen LogP contribution in [0.5, 0.6) is 5.75 Å². The third kappa shape index (κ3) is 5.77. The van der Waals surface area contributed by atoms with Crippen LogP contribution in [0.15, 0.2) is 58.3 Å². The van der Waals surface area contributed by atoms with E-state index in [4.69, 9.17) is 4.74 Å². The number of carbonyl (C=O) groups is 1. The summed E-state index contributed by atoms with van der Waals surface area (Å²) >= 11 is 2.52. The molecule has 0 spiro atoms. The van der Waals surface area contributed by atoms with Gasteiger partial charge in [0.2, 0.25) is 0 Å². The molecule has 0 amide bonds. The lowest BCUT2D eigenvalue weighted by Crippen LogP contribution is -2.02. The van der Waals surface area contributed by atoms with Crippen molar-refractivity contribution in [1.82, 2.24) is 4.98 Å². The number of thioether (sulfide) groups is 1. The molecule has 3 aromatic rings. The van der Waals surface area contributed by atoms with Gasteiger partial charge in [-0.1, -0.05) is 36.0 Å². The van der Waals surface area contributed by atoms with Crippen LogP contribution in [0, 0.1) is 5.82 Å². The molecule has 2 aromatic carbocycles. The predicted octanol–water partition coefficient (Wildman–Crippen LogP) is 5.09. The molecule has 0 unspecified atom stereocenters. The Morgan fingerprint density at radius 1 is 1.07 bits per heavy atom. The van der Waals surface area contributed by atoms with E-state index in [1.165, 1.54) is 23.5 Å². The molecule has 27 heavy (non-hydrogen) atoms. The zero-order chi connectivity index (χ0) is 19.1. The van der Waals surface area contributed by atoms with Gasteiger partial charge in [0.1, 0.15) is 17.3 Å². The van der Waals surface area contributed by atoms with Gasteiger partial charge >= 0.3 is 5.97 Å². The SMILES string of the molecule is O=C(CSc1nc(CCOc2ccc(-c3ccc(F)cc3)cc2)cs1)OF. The average molecular weight is 407 g/mol. The fourth-order valence-corrected chi connectivity index (χ4v) is 3.91. The average Bonchev–Trinajstić information content (AvgIpc) is 3.15. The van der Waals surface area contributed by atoms with Crippen molar-refractivity contribution < 1.29 is 23.4 Å². The van der Waals surface area contributed by atoms with E-state index in [9.17, 15) is 13.7 Å². The Labute approximate surface area is 163 Å². The molecular formula is C19H15F2NO3S2. The first-order valence-corrected chi connectivity index (χ1v) is 9.88. The third-order valence-electron chi connectivity index (χ3n) is 3.59. The number of rotatable bonds is 8. The normalized spacial score (nSPS) is 10.6. The van der Waals surface area contributed by atoms with Crippen molar-refractivity contribution in [2.24, 2.45) is 0 Å². The van der Waals surface area contributed by atoms with Crippen molar-refractivity contribution >= 4 is 29.1 Å². The van der Waals surface area contributed by atoms with Gasteiger partial charge in [-0.2, -0.15) is 0 Å². The number of benzene rings is 2. The standard InChI is InChI=1S/C19H15F2NO3S2/c20-15-5-1-13(2-6-15)14-3-7-17(8-4-14)24-10-9-16-11-26-19(22-16)27-12-18(23)25-21/h1-8,11H,9-10,12H2. The molecule has 0 fully saturated rings. The molecule has 0 aliphatic rings. The molecule has 3 rings (SSSR count). The van der Waals surface area contributed by atoms with Crippen molar-refractivity contribution in [2.45, 2.75) is 10.8 Å². The van der Waals surface area contributed by atoms with E-state index < -0.39 is 5.97 Å². The second kappa shape index (κ2) is 9.48. The van der Waals surface area contributed by atoms with Gasteiger partial charge in [0.25, 0.3) is 0 Å². The molecule has 0 saturated carbocycles. The Morgan fingerprint density at radius 2 is 1.74 bits per heavy atom. The van der Waals surface area contributed by atoms with Gasteiger partial charge in [-0.3, -0.25) is 4.94 Å². The molecule has 0 bridgehead atoms. The number of ether oxygens (including phenoxy) is 1. The van der Waals surface area contributed by atoms with Gasteiger partial charge in [0.05, 0.1) is 12.3 Å². The Morgan fingerprint density at radius 3 is 2.41 bits per heavy atom. The molecule has 0 atom stereocenters. The summed E-state index contributed by atoms with van der Waals surface area (Å²) in [5.41, 5.74) is 2.77. The summed E-state index contributed by atoms with van der Waals surface area (Å²) in [6.07, 6.45) is 0.615. The summed E-state index contributed by atoms with van der Waals surface area (Å²) in [6.45, 7) is 0.455. The molecular weight excluding hydrogens is 392 g/mol. The van der Waals surface area contributed by atoms with E-state index in [2.05, 4.69) is 9.93 Å². The smallest absolute Gasteiger partial charge is 0.359 e. The number of halogens is 2. The van der Waals surface area contributed by atoms with Crippen LogP contribution in [0.4, 0.5) is 8.92 Å². The maximum absolute atomic E-state index is 13.0. The molecule has 8 heteroatoms. The van der Waals surface area contributed by atoms with Crippen LogP contribution < -0.4 is 4.74 Å². The van der Waals surface area contributed by atoms with Crippen LogP contribution >= 0.6 is 23.1 Å². The minimum atomic E-state index is -0.927. The zero-order valence-electron chi connectivity index (χ0n) is 14.1. The number of nitrogens with zero attached hydrogens (tertiary/aromatic N) is 1. The first-order chi connectivity index (χ1) is 13.1. The summed E-state index contributed by atoms with van der Waals surface area (Å²) < 4.78 is 31.0. The monoisotopic (exact) mass is 407 g/mol. The van der Waals surface area contributed by atoms with E-state index in [0.717, 1.165) is 34.3 Å². The summed E-state index contributed by atoms with van der Waals surface area (Å²) in [4.78, 5) is 18.2. The Kier molecular flexibility index (Phi) is 6.78. The largest absolute Gasteiger partial charge is 0.493 e. The van der Waals surface area contributed by atoms with E-state index in [1.807, 2.05) is 29.6 Å².